The second-order valence-corrected chi connectivity index (χ2v) is 9.19. The van der Waals surface area contributed by atoms with E-state index in [1.807, 2.05) is 0 Å². The van der Waals surface area contributed by atoms with E-state index in [2.05, 4.69) is 0 Å². The Bertz CT molecular complexity index is 907. The van der Waals surface area contributed by atoms with E-state index >= 15 is 0 Å². The molecule has 0 heterocycles. The zero-order chi connectivity index (χ0) is 19.4. The number of hydrogen-bond donors (Lipinski definition) is 0. The Kier molecular flexibility index (Phi) is 18.8. The van der Waals surface area contributed by atoms with E-state index in [0.717, 1.165) is 0 Å². The molecule has 0 saturated carbocycles. The largest absolute Gasteiger partial charge is 1.00 e. The third-order valence-corrected chi connectivity index (χ3v) is 6.97. The molecular weight excluding hydrogens is 504 g/mol. The van der Waals surface area contributed by atoms with E-state index in [-0.39, 0.29) is 167 Å². The van der Waals surface area contributed by atoms with E-state index in [1.165, 1.54) is 24.3 Å². The predicted octanol–water partition coefficient (Wildman–Crippen LogP) is -7.26. The number of aryl methyl sites for hydroxylation is 1. The van der Waals surface area contributed by atoms with Crippen LogP contribution < -0.4 is 169 Å². The zero-order valence-electron chi connectivity index (χ0n) is 16.4. The molecule has 0 N–H and O–H groups in total. The van der Waals surface area contributed by atoms with Crippen LogP contribution in [0.5, 0.6) is 11.5 Å². The SMILES string of the molecule is O=P([O-])([O-])C(CCCc1cccc(Oc2ccc(F)cc2)c1)S(=O)(=O)[O-].[K+].[K+].[K+]. The Morgan fingerprint density at radius 2 is 1.59 bits per heavy atom. The summed E-state index contributed by atoms with van der Waals surface area (Å²) in [5.74, 6) is 0.461. The van der Waals surface area contributed by atoms with Crippen molar-refractivity contribution in [2.75, 3.05) is 0 Å². The van der Waals surface area contributed by atoms with Gasteiger partial charge in [-0.05, 0) is 61.2 Å². The van der Waals surface area contributed by atoms with E-state index in [0.29, 0.717) is 17.1 Å². The van der Waals surface area contributed by atoms with Crippen LogP contribution in [-0.4, -0.2) is 18.0 Å². The molecule has 0 amide bonds. The normalized spacial score (nSPS) is 12.0. The van der Waals surface area contributed by atoms with Gasteiger partial charge in [0.2, 0.25) is 0 Å². The Hall–Kier alpha value is 3.14. The van der Waals surface area contributed by atoms with E-state index in [9.17, 15) is 31.7 Å². The summed E-state index contributed by atoms with van der Waals surface area (Å²) in [7, 11) is -10.8. The molecule has 0 spiro atoms. The number of halogens is 1. The molecule has 0 saturated heterocycles. The third kappa shape index (κ3) is 13.0. The van der Waals surface area contributed by atoms with Crippen LogP contribution in [0, 0.1) is 5.82 Å². The Morgan fingerprint density at radius 3 is 2.10 bits per heavy atom. The summed E-state index contributed by atoms with van der Waals surface area (Å²) in [5, 5.41) is 0. The molecule has 2 aromatic rings. The average Bonchev–Trinajstić information content (AvgIpc) is 2.52. The minimum Gasteiger partial charge on any atom is -0.810 e. The van der Waals surface area contributed by atoms with Crippen molar-refractivity contribution in [2.45, 2.75) is 24.3 Å². The van der Waals surface area contributed by atoms with Gasteiger partial charge in [0.15, 0.2) is 0 Å². The van der Waals surface area contributed by atoms with Gasteiger partial charge in [-0.2, -0.15) is 0 Å². The van der Waals surface area contributed by atoms with Gasteiger partial charge in [0.05, 0.1) is 4.99 Å². The summed E-state index contributed by atoms with van der Waals surface area (Å²) in [6.45, 7) is 0. The first-order valence-corrected chi connectivity index (χ1v) is 10.6. The van der Waals surface area contributed by atoms with Crippen molar-refractivity contribution in [1.29, 1.82) is 0 Å². The number of hydrogen-bond acceptors (Lipinski definition) is 7. The molecule has 2 aromatic carbocycles. The quantitative estimate of drug-likeness (QED) is 0.193. The Balaban J connectivity index is 0. The molecule has 1 unspecified atom stereocenters. The maximum Gasteiger partial charge on any atom is 1.00 e. The first-order valence-electron chi connectivity index (χ1n) is 7.54. The van der Waals surface area contributed by atoms with E-state index in [1.54, 1.807) is 24.3 Å². The van der Waals surface area contributed by atoms with Crippen LogP contribution in [0.3, 0.4) is 0 Å². The standard InChI is InChI=1S/C16H18FO7PS.3K/c17-13-7-9-14(10-8-13)24-15-5-1-3-12(11-15)4-2-6-16(25(18,19)20)26(21,22)23;;;/h1,3,5,7-11,16H,2,4,6H2,(H2,18,19,20)(H,21,22,23);;;/q;3*+1/p-3. The fraction of sp³-hybridized carbons (Fsp3) is 0.250. The van der Waals surface area contributed by atoms with Crippen molar-refractivity contribution in [3.05, 3.63) is 59.9 Å². The summed E-state index contributed by atoms with van der Waals surface area (Å²) in [6, 6.07) is 12.0. The monoisotopic (exact) mass is 518 g/mol. The molecule has 142 valence electrons. The summed E-state index contributed by atoms with van der Waals surface area (Å²) in [6.07, 6.45) is -0.313. The average molecular weight is 519 g/mol. The van der Waals surface area contributed by atoms with E-state index < -0.39 is 34.9 Å². The van der Waals surface area contributed by atoms with Gasteiger partial charge >= 0.3 is 154 Å². The molecule has 7 nitrogen and oxygen atoms in total. The molecule has 0 aromatic heterocycles. The van der Waals surface area contributed by atoms with Crippen LogP contribution >= 0.6 is 7.60 Å². The summed E-state index contributed by atoms with van der Waals surface area (Å²) >= 11 is 0. The summed E-state index contributed by atoms with van der Waals surface area (Å²) in [4.78, 5) is 19.4. The number of benzene rings is 2. The number of ether oxygens (including phenoxy) is 1. The van der Waals surface area contributed by atoms with Gasteiger partial charge < -0.3 is 23.6 Å². The van der Waals surface area contributed by atoms with Crippen LogP contribution in [-0.2, 0) is 21.1 Å². The Labute approximate surface area is 297 Å². The van der Waals surface area contributed by atoms with Crippen LogP contribution in [0.25, 0.3) is 0 Å². The van der Waals surface area contributed by atoms with Crippen LogP contribution in [0.15, 0.2) is 48.5 Å². The van der Waals surface area contributed by atoms with Crippen LogP contribution in [0.2, 0.25) is 0 Å². The second kappa shape index (κ2) is 15.9. The molecular formula is C16H15FK3O7PS. The van der Waals surface area contributed by atoms with Crippen molar-refractivity contribution < 1.29 is 191 Å². The summed E-state index contributed by atoms with van der Waals surface area (Å²) < 4.78 is 62.2. The van der Waals surface area contributed by atoms with Crippen molar-refractivity contribution in [2.24, 2.45) is 0 Å². The first-order chi connectivity index (χ1) is 12.1. The predicted molar refractivity (Wildman–Crippen MR) is 86.9 cm³/mol. The molecule has 2 rings (SSSR count). The molecule has 13 heteroatoms. The van der Waals surface area contributed by atoms with Gasteiger partial charge in [0, 0.05) is 0 Å². The molecule has 0 bridgehead atoms. The number of rotatable bonds is 8. The maximum absolute atomic E-state index is 12.9. The minimum atomic E-state index is -5.53. The fourth-order valence-electron chi connectivity index (χ4n) is 2.34. The van der Waals surface area contributed by atoms with Crippen molar-refractivity contribution >= 4 is 17.7 Å². The summed E-state index contributed by atoms with van der Waals surface area (Å²) in [5.41, 5.74) is 0.693. The van der Waals surface area contributed by atoms with Crippen LogP contribution in [0.1, 0.15) is 18.4 Å². The molecule has 29 heavy (non-hydrogen) atoms. The maximum atomic E-state index is 12.9. The first kappa shape index (κ1) is 34.3. The van der Waals surface area contributed by atoms with Crippen LogP contribution in [0.4, 0.5) is 4.39 Å². The fourth-order valence-corrected chi connectivity index (χ4v) is 4.56. The second-order valence-electron chi connectivity index (χ2n) is 5.58. The van der Waals surface area contributed by atoms with Crippen molar-refractivity contribution in [3.63, 3.8) is 0 Å². The molecule has 0 aliphatic heterocycles. The van der Waals surface area contributed by atoms with Gasteiger partial charge in [0.25, 0.3) is 0 Å². The van der Waals surface area contributed by atoms with Gasteiger partial charge in [-0.15, -0.1) is 0 Å². The van der Waals surface area contributed by atoms with Crippen molar-refractivity contribution in [1.82, 2.24) is 0 Å². The third-order valence-electron chi connectivity index (χ3n) is 3.55. The van der Waals surface area contributed by atoms with Crippen molar-refractivity contribution in [3.8, 4) is 11.5 Å². The van der Waals surface area contributed by atoms with Gasteiger partial charge in [-0.25, -0.2) is 12.8 Å². The molecule has 0 fully saturated rings. The molecule has 0 aliphatic carbocycles. The van der Waals surface area contributed by atoms with Gasteiger partial charge in [0.1, 0.15) is 27.4 Å². The zero-order valence-corrected chi connectivity index (χ0v) is 27.5. The Morgan fingerprint density at radius 1 is 1.00 bits per heavy atom. The van der Waals surface area contributed by atoms with Gasteiger partial charge in [-0.1, -0.05) is 19.7 Å². The smallest absolute Gasteiger partial charge is 0.810 e. The van der Waals surface area contributed by atoms with E-state index in [4.69, 9.17) is 4.74 Å². The van der Waals surface area contributed by atoms with Gasteiger partial charge in [-0.3, -0.25) is 0 Å². The minimum absolute atomic E-state index is 0. The molecule has 0 aliphatic rings. The topological polar surface area (TPSA) is 130 Å². The molecule has 1 atom stereocenters. The molecule has 0 radical (unpaired) electrons.